The molecule has 1 atom stereocenters. The molecule has 1 aromatic carbocycles. The van der Waals surface area contributed by atoms with Gasteiger partial charge in [0.15, 0.2) is 0 Å². The highest BCUT2D eigenvalue weighted by molar-refractivity contribution is 5.76. The Morgan fingerprint density at radius 1 is 1.19 bits per heavy atom. The normalized spacial score (nSPS) is 24.0. The van der Waals surface area contributed by atoms with Gasteiger partial charge in [0.2, 0.25) is 5.91 Å². The standard InChI is InChI=1S/C20H28FN3O2/c1-15(25)23-12-8-18(9-13-23)22-19(26)24-11-3-10-20(24,2)14-16-4-6-17(21)7-5-16/h4-7,18H,3,8-14H2,1-2H3,(H,22,26). The molecule has 0 aromatic heterocycles. The fraction of sp³-hybridized carbons (Fsp3) is 0.600. The zero-order valence-electron chi connectivity index (χ0n) is 15.6. The van der Waals surface area contributed by atoms with E-state index in [2.05, 4.69) is 12.2 Å². The highest BCUT2D eigenvalue weighted by Crippen LogP contribution is 2.32. The van der Waals surface area contributed by atoms with E-state index in [9.17, 15) is 14.0 Å². The lowest BCUT2D eigenvalue weighted by Crippen LogP contribution is -2.54. The number of benzene rings is 1. The van der Waals surface area contributed by atoms with Gasteiger partial charge in [0.25, 0.3) is 0 Å². The number of hydrogen-bond donors (Lipinski definition) is 1. The molecule has 5 nitrogen and oxygen atoms in total. The van der Waals surface area contributed by atoms with Crippen molar-refractivity contribution in [2.45, 2.75) is 57.5 Å². The van der Waals surface area contributed by atoms with Gasteiger partial charge in [-0.3, -0.25) is 4.79 Å². The Bertz CT molecular complexity index is 656. The van der Waals surface area contributed by atoms with Crippen molar-refractivity contribution in [1.29, 1.82) is 0 Å². The smallest absolute Gasteiger partial charge is 0.318 e. The Kier molecular flexibility index (Phi) is 5.49. The minimum absolute atomic E-state index is 0.0200. The Labute approximate surface area is 154 Å². The lowest BCUT2D eigenvalue weighted by atomic mass is 9.90. The van der Waals surface area contributed by atoms with Crippen molar-refractivity contribution < 1.29 is 14.0 Å². The second-order valence-electron chi connectivity index (χ2n) is 7.79. The summed E-state index contributed by atoms with van der Waals surface area (Å²) in [5, 5.41) is 3.16. The van der Waals surface area contributed by atoms with Crippen LogP contribution in [0.15, 0.2) is 24.3 Å². The quantitative estimate of drug-likeness (QED) is 0.900. The molecule has 2 saturated heterocycles. The predicted molar refractivity (Wildman–Crippen MR) is 98.3 cm³/mol. The van der Waals surface area contributed by atoms with Gasteiger partial charge in [-0.25, -0.2) is 9.18 Å². The van der Waals surface area contributed by atoms with Gasteiger partial charge in [0.05, 0.1) is 0 Å². The van der Waals surface area contributed by atoms with Crippen molar-refractivity contribution in [3.05, 3.63) is 35.6 Å². The van der Waals surface area contributed by atoms with E-state index < -0.39 is 0 Å². The third-order valence-corrected chi connectivity index (χ3v) is 5.76. The Morgan fingerprint density at radius 2 is 1.85 bits per heavy atom. The second kappa shape index (κ2) is 7.64. The number of piperidine rings is 1. The molecule has 0 aliphatic carbocycles. The molecule has 1 aromatic rings. The van der Waals surface area contributed by atoms with E-state index in [4.69, 9.17) is 0 Å². The van der Waals surface area contributed by atoms with Crippen LogP contribution in [0, 0.1) is 5.82 Å². The minimum atomic E-state index is -0.248. The van der Waals surface area contributed by atoms with E-state index in [1.54, 1.807) is 19.1 Å². The van der Waals surface area contributed by atoms with Gasteiger partial charge in [-0.1, -0.05) is 12.1 Å². The molecule has 0 saturated carbocycles. The van der Waals surface area contributed by atoms with Gasteiger partial charge in [-0.05, 0) is 56.7 Å². The lowest BCUT2D eigenvalue weighted by molar-refractivity contribution is -0.129. The SMILES string of the molecule is CC(=O)N1CCC(NC(=O)N2CCCC2(C)Cc2ccc(F)cc2)CC1. The first-order chi connectivity index (χ1) is 12.4. The van der Waals surface area contributed by atoms with Crippen molar-refractivity contribution in [3.8, 4) is 0 Å². The highest BCUT2D eigenvalue weighted by atomic mass is 19.1. The molecule has 142 valence electrons. The first-order valence-electron chi connectivity index (χ1n) is 9.45. The van der Waals surface area contributed by atoms with E-state index in [-0.39, 0.29) is 29.3 Å². The summed E-state index contributed by atoms with van der Waals surface area (Å²) in [6.45, 7) is 5.85. The largest absolute Gasteiger partial charge is 0.343 e. The zero-order chi connectivity index (χ0) is 18.7. The third-order valence-electron chi connectivity index (χ3n) is 5.76. The lowest BCUT2D eigenvalue weighted by Gasteiger charge is -2.38. The molecule has 2 fully saturated rings. The van der Waals surface area contributed by atoms with Gasteiger partial charge in [0, 0.05) is 38.1 Å². The fourth-order valence-electron chi connectivity index (χ4n) is 4.19. The molecule has 26 heavy (non-hydrogen) atoms. The first kappa shape index (κ1) is 18.7. The minimum Gasteiger partial charge on any atom is -0.343 e. The Hall–Kier alpha value is -2.11. The van der Waals surface area contributed by atoms with Crippen LogP contribution in [-0.2, 0) is 11.2 Å². The maximum atomic E-state index is 13.1. The van der Waals surface area contributed by atoms with Gasteiger partial charge >= 0.3 is 6.03 Å². The zero-order valence-corrected chi connectivity index (χ0v) is 15.6. The average Bonchev–Trinajstić information content (AvgIpc) is 2.99. The van der Waals surface area contributed by atoms with E-state index in [1.807, 2.05) is 9.80 Å². The summed E-state index contributed by atoms with van der Waals surface area (Å²) in [7, 11) is 0. The number of carbonyl (C=O) groups is 2. The molecule has 2 aliphatic heterocycles. The van der Waals surface area contributed by atoms with Gasteiger partial charge < -0.3 is 15.1 Å². The second-order valence-corrected chi connectivity index (χ2v) is 7.79. The van der Waals surface area contributed by atoms with Crippen LogP contribution in [0.5, 0.6) is 0 Å². The third kappa shape index (κ3) is 4.17. The monoisotopic (exact) mass is 361 g/mol. The molecule has 0 radical (unpaired) electrons. The number of likely N-dealkylation sites (tertiary alicyclic amines) is 2. The molecule has 3 amide bonds. The highest BCUT2D eigenvalue weighted by Gasteiger charge is 2.40. The van der Waals surface area contributed by atoms with E-state index in [0.29, 0.717) is 13.1 Å². The van der Waals surface area contributed by atoms with E-state index >= 15 is 0 Å². The van der Waals surface area contributed by atoms with Gasteiger partial charge in [-0.2, -0.15) is 0 Å². The molecular weight excluding hydrogens is 333 g/mol. The number of nitrogens with one attached hydrogen (secondary N) is 1. The summed E-state index contributed by atoms with van der Waals surface area (Å²) < 4.78 is 13.1. The van der Waals surface area contributed by atoms with Crippen LogP contribution in [-0.4, -0.2) is 53.0 Å². The van der Waals surface area contributed by atoms with E-state index in [1.165, 1.54) is 12.1 Å². The summed E-state index contributed by atoms with van der Waals surface area (Å²) in [5.41, 5.74) is 0.797. The van der Waals surface area contributed by atoms with Crippen LogP contribution in [0.1, 0.15) is 45.1 Å². The van der Waals surface area contributed by atoms with Crippen LogP contribution < -0.4 is 5.32 Å². The molecule has 0 spiro atoms. The number of nitrogens with zero attached hydrogens (tertiary/aromatic N) is 2. The topological polar surface area (TPSA) is 52.7 Å². The van der Waals surface area contributed by atoms with Gasteiger partial charge in [0.1, 0.15) is 5.82 Å². The molecule has 1 N–H and O–H groups in total. The van der Waals surface area contributed by atoms with Crippen LogP contribution in [0.25, 0.3) is 0 Å². The van der Waals surface area contributed by atoms with Crippen molar-refractivity contribution >= 4 is 11.9 Å². The molecular formula is C20H28FN3O2. The van der Waals surface area contributed by atoms with Crippen LogP contribution in [0.2, 0.25) is 0 Å². The molecule has 6 heteroatoms. The summed E-state index contributed by atoms with van der Waals surface area (Å²) in [6.07, 6.45) is 4.25. The van der Waals surface area contributed by atoms with Crippen molar-refractivity contribution in [1.82, 2.24) is 15.1 Å². The van der Waals surface area contributed by atoms with Crippen LogP contribution in [0.4, 0.5) is 9.18 Å². The Morgan fingerprint density at radius 3 is 2.46 bits per heavy atom. The molecule has 2 heterocycles. The summed E-state index contributed by atoms with van der Waals surface area (Å²) >= 11 is 0. The number of amides is 3. The average molecular weight is 361 g/mol. The van der Waals surface area contributed by atoms with Crippen molar-refractivity contribution in [2.75, 3.05) is 19.6 Å². The Balaban J connectivity index is 1.59. The number of urea groups is 1. The molecule has 2 aliphatic rings. The number of rotatable bonds is 3. The molecule has 0 bridgehead atoms. The predicted octanol–water partition coefficient (Wildman–Crippen LogP) is 2.94. The number of halogens is 1. The molecule has 1 unspecified atom stereocenters. The summed E-state index contributed by atoms with van der Waals surface area (Å²) in [4.78, 5) is 28.1. The summed E-state index contributed by atoms with van der Waals surface area (Å²) in [5.74, 6) is -0.141. The fourth-order valence-corrected chi connectivity index (χ4v) is 4.19. The summed E-state index contributed by atoms with van der Waals surface area (Å²) in [6, 6.07) is 6.64. The molecule has 3 rings (SSSR count). The maximum Gasteiger partial charge on any atom is 0.318 e. The van der Waals surface area contributed by atoms with Crippen LogP contribution >= 0.6 is 0 Å². The van der Waals surface area contributed by atoms with E-state index in [0.717, 1.165) is 44.2 Å². The number of carbonyl (C=O) groups excluding carboxylic acids is 2. The maximum absolute atomic E-state index is 13.1. The first-order valence-corrected chi connectivity index (χ1v) is 9.45. The van der Waals surface area contributed by atoms with Gasteiger partial charge in [-0.15, -0.1) is 0 Å². The van der Waals surface area contributed by atoms with Crippen molar-refractivity contribution in [3.63, 3.8) is 0 Å². The van der Waals surface area contributed by atoms with Crippen LogP contribution in [0.3, 0.4) is 0 Å². The van der Waals surface area contributed by atoms with Crippen molar-refractivity contribution in [2.24, 2.45) is 0 Å². The number of hydrogen-bond acceptors (Lipinski definition) is 2.